The summed E-state index contributed by atoms with van der Waals surface area (Å²) in [5.74, 6) is 1.21. The fourth-order valence-electron chi connectivity index (χ4n) is 4.52. The van der Waals surface area contributed by atoms with Crippen molar-refractivity contribution in [2.24, 2.45) is 0 Å². The van der Waals surface area contributed by atoms with Crippen LogP contribution in [0.15, 0.2) is 53.9 Å². The van der Waals surface area contributed by atoms with Crippen LogP contribution in [-0.4, -0.2) is 54.3 Å². The zero-order valence-corrected chi connectivity index (χ0v) is 22.7. The van der Waals surface area contributed by atoms with Crippen molar-refractivity contribution in [2.75, 3.05) is 31.8 Å². The number of hydrogen-bond donors (Lipinski definition) is 1. The summed E-state index contributed by atoms with van der Waals surface area (Å²) >= 11 is 7.72. The van der Waals surface area contributed by atoms with Gasteiger partial charge in [0.25, 0.3) is 0 Å². The second-order valence-corrected chi connectivity index (χ2v) is 10.9. The molecule has 200 valence electrons. The predicted molar refractivity (Wildman–Crippen MR) is 147 cm³/mol. The zero-order valence-electron chi connectivity index (χ0n) is 21.2. The number of rotatable bonds is 9. The Morgan fingerprint density at radius 2 is 1.95 bits per heavy atom. The molecule has 2 aromatic carbocycles. The first-order valence-corrected chi connectivity index (χ1v) is 13.8. The van der Waals surface area contributed by atoms with Crippen LogP contribution < -0.4 is 14.8 Å². The summed E-state index contributed by atoms with van der Waals surface area (Å²) in [6, 6.07) is 14.3. The van der Waals surface area contributed by atoms with Crippen molar-refractivity contribution >= 4 is 40.6 Å². The lowest BCUT2D eigenvalue weighted by Crippen LogP contribution is -2.46. The Bertz CT molecular complexity index is 1290. The molecule has 38 heavy (non-hydrogen) atoms. The third kappa shape index (κ3) is 6.59. The van der Waals surface area contributed by atoms with Crippen LogP contribution in [0.5, 0.6) is 11.5 Å². The summed E-state index contributed by atoms with van der Waals surface area (Å²) in [6.07, 6.45) is 1.69. The first-order chi connectivity index (χ1) is 18.4. The van der Waals surface area contributed by atoms with Gasteiger partial charge in [-0.25, -0.2) is 4.79 Å². The number of hydrogen-bond acceptors (Lipinski definition) is 6. The maximum Gasteiger partial charge on any atom is 0.322 e. The number of anilines is 1. The van der Waals surface area contributed by atoms with Crippen LogP contribution in [0.4, 0.5) is 10.5 Å². The van der Waals surface area contributed by atoms with Gasteiger partial charge in [0.15, 0.2) is 11.5 Å². The van der Waals surface area contributed by atoms with E-state index in [-0.39, 0.29) is 31.4 Å². The fourth-order valence-corrected chi connectivity index (χ4v) is 5.63. The van der Waals surface area contributed by atoms with Crippen LogP contribution in [-0.2, 0) is 22.6 Å². The maximum absolute atomic E-state index is 13.8. The average Bonchev–Trinajstić information content (AvgIpc) is 3.66. The Labute approximate surface area is 231 Å². The molecule has 1 N–H and O–H groups in total. The van der Waals surface area contributed by atoms with Crippen molar-refractivity contribution in [2.45, 2.75) is 39.0 Å². The quantitative estimate of drug-likeness (QED) is 0.367. The summed E-state index contributed by atoms with van der Waals surface area (Å²) in [6.45, 7) is 3.95. The zero-order chi connectivity index (χ0) is 26.5. The Morgan fingerprint density at radius 1 is 1.08 bits per heavy atom. The van der Waals surface area contributed by atoms with Gasteiger partial charge in [-0.05, 0) is 72.7 Å². The lowest BCUT2D eigenvalue weighted by molar-refractivity contribution is -0.133. The predicted octanol–water partition coefficient (Wildman–Crippen LogP) is 5.68. The highest BCUT2D eigenvalue weighted by molar-refractivity contribution is 7.10. The van der Waals surface area contributed by atoms with Gasteiger partial charge in [0.2, 0.25) is 12.7 Å². The van der Waals surface area contributed by atoms with E-state index in [9.17, 15) is 9.59 Å². The summed E-state index contributed by atoms with van der Waals surface area (Å²) in [5.41, 5.74) is 2.62. The van der Waals surface area contributed by atoms with Gasteiger partial charge in [0, 0.05) is 35.3 Å². The smallest absolute Gasteiger partial charge is 0.322 e. The van der Waals surface area contributed by atoms with E-state index in [4.69, 9.17) is 25.8 Å². The van der Waals surface area contributed by atoms with Crippen LogP contribution in [0.3, 0.4) is 0 Å². The summed E-state index contributed by atoms with van der Waals surface area (Å²) in [4.78, 5) is 31.6. The third-order valence-corrected chi connectivity index (χ3v) is 7.85. The minimum atomic E-state index is -0.369. The van der Waals surface area contributed by atoms with Crippen LogP contribution in [0.25, 0.3) is 0 Å². The summed E-state index contributed by atoms with van der Waals surface area (Å²) in [7, 11) is 0. The van der Waals surface area contributed by atoms with E-state index in [0.717, 1.165) is 28.8 Å². The van der Waals surface area contributed by atoms with Gasteiger partial charge >= 0.3 is 6.03 Å². The van der Waals surface area contributed by atoms with Gasteiger partial charge in [-0.15, -0.1) is 11.3 Å². The van der Waals surface area contributed by atoms with Crippen molar-refractivity contribution in [1.82, 2.24) is 9.80 Å². The third-order valence-electron chi connectivity index (χ3n) is 6.60. The van der Waals surface area contributed by atoms with Crippen LogP contribution in [0, 0.1) is 6.92 Å². The first kappa shape index (κ1) is 26.3. The van der Waals surface area contributed by atoms with E-state index in [1.807, 2.05) is 36.6 Å². The molecule has 1 saturated heterocycles. The van der Waals surface area contributed by atoms with Crippen molar-refractivity contribution < 1.29 is 23.8 Å². The van der Waals surface area contributed by atoms with E-state index >= 15 is 0 Å². The van der Waals surface area contributed by atoms with Gasteiger partial charge in [0.1, 0.15) is 6.54 Å². The number of aryl methyl sites for hydroxylation is 1. The molecular weight excluding hydrogens is 526 g/mol. The number of ether oxygens (including phenoxy) is 3. The molecular formula is C28H30ClN3O5S. The number of nitrogens with one attached hydrogen (secondary N) is 1. The van der Waals surface area contributed by atoms with Gasteiger partial charge in [-0.2, -0.15) is 0 Å². The molecule has 3 heterocycles. The lowest BCUT2D eigenvalue weighted by Gasteiger charge is -2.29. The van der Waals surface area contributed by atoms with E-state index in [1.54, 1.807) is 40.5 Å². The molecule has 2 aliphatic heterocycles. The van der Waals surface area contributed by atoms with Crippen LogP contribution >= 0.6 is 22.9 Å². The van der Waals surface area contributed by atoms with Gasteiger partial charge < -0.3 is 29.3 Å². The Hall–Kier alpha value is -3.27. The molecule has 2 aliphatic rings. The highest BCUT2D eigenvalue weighted by atomic mass is 35.5. The fraction of sp³-hybridized carbons (Fsp3) is 0.357. The van der Waals surface area contributed by atoms with Gasteiger partial charge in [-0.3, -0.25) is 4.79 Å². The van der Waals surface area contributed by atoms with Crippen molar-refractivity contribution in [1.29, 1.82) is 0 Å². The molecule has 5 rings (SSSR count). The largest absolute Gasteiger partial charge is 0.454 e. The second kappa shape index (κ2) is 12.1. The molecule has 3 amide bonds. The maximum atomic E-state index is 13.8. The van der Waals surface area contributed by atoms with E-state index in [0.29, 0.717) is 48.5 Å². The van der Waals surface area contributed by atoms with Crippen molar-refractivity contribution in [3.05, 3.63) is 74.9 Å². The molecule has 0 aliphatic carbocycles. The highest BCUT2D eigenvalue weighted by Crippen LogP contribution is 2.33. The van der Waals surface area contributed by atoms with E-state index < -0.39 is 0 Å². The molecule has 1 aromatic heterocycles. The van der Waals surface area contributed by atoms with Crippen molar-refractivity contribution in [3.63, 3.8) is 0 Å². The molecule has 8 nitrogen and oxygen atoms in total. The van der Waals surface area contributed by atoms with Crippen LogP contribution in [0.1, 0.15) is 28.8 Å². The molecule has 0 saturated carbocycles. The number of benzene rings is 2. The molecule has 10 heteroatoms. The van der Waals surface area contributed by atoms with Gasteiger partial charge in [-0.1, -0.05) is 23.7 Å². The molecule has 1 fully saturated rings. The Balaban J connectivity index is 1.35. The second-order valence-electron chi connectivity index (χ2n) is 9.42. The lowest BCUT2D eigenvalue weighted by atomic mass is 10.1. The molecule has 0 spiro atoms. The number of carbonyl (C=O) groups is 2. The average molecular weight is 556 g/mol. The minimum absolute atomic E-state index is 0.0821. The number of halogens is 1. The SMILES string of the molecule is Cc1ccsc1CN(Cc1ccc2c(c1)OCO2)C(=O)CN(C[C@H]1CCCO1)C(=O)Nc1cccc(Cl)c1. The molecule has 0 radical (unpaired) electrons. The van der Waals surface area contributed by atoms with Crippen molar-refractivity contribution in [3.8, 4) is 11.5 Å². The number of carbonyl (C=O) groups excluding carboxylic acids is 2. The minimum Gasteiger partial charge on any atom is -0.454 e. The van der Waals surface area contributed by atoms with Crippen LogP contribution in [0.2, 0.25) is 5.02 Å². The molecule has 1 atom stereocenters. The number of fused-ring (bicyclic) bond motifs is 1. The van der Waals surface area contributed by atoms with Gasteiger partial charge in [0.05, 0.1) is 12.6 Å². The molecule has 3 aromatic rings. The van der Waals surface area contributed by atoms with E-state index in [1.165, 1.54) is 4.90 Å². The Morgan fingerprint density at radius 3 is 2.71 bits per heavy atom. The summed E-state index contributed by atoms with van der Waals surface area (Å²) in [5, 5.41) is 5.42. The normalized spacial score (nSPS) is 15.9. The monoisotopic (exact) mass is 555 g/mol. The standard InChI is InChI=1S/C28H30ClN3O5S/c1-19-9-11-38-26(19)16-31(14-20-7-8-24-25(12-20)37-18-36-24)27(33)17-32(15-23-6-3-10-35-23)28(34)30-22-5-2-4-21(29)13-22/h2,4-5,7-9,11-13,23H,3,6,10,14-18H2,1H3,(H,30,34)/t23-/m1/s1. The Kier molecular flexibility index (Phi) is 8.36. The highest BCUT2D eigenvalue weighted by Gasteiger charge is 2.27. The first-order valence-electron chi connectivity index (χ1n) is 12.6. The number of thiophene rings is 1. The number of urea groups is 1. The van der Waals surface area contributed by atoms with E-state index in [2.05, 4.69) is 5.32 Å². The molecule has 0 bridgehead atoms. The number of amides is 3. The number of nitrogens with zero attached hydrogens (tertiary/aromatic N) is 2. The molecule has 0 unspecified atom stereocenters. The summed E-state index contributed by atoms with van der Waals surface area (Å²) < 4.78 is 16.8. The topological polar surface area (TPSA) is 80.3 Å².